The predicted octanol–water partition coefficient (Wildman–Crippen LogP) is 3.93. The van der Waals surface area contributed by atoms with Crippen molar-refractivity contribution in [2.75, 3.05) is 12.8 Å². The Balaban J connectivity index is 2.11. The molecule has 0 radical (unpaired) electrons. The highest BCUT2D eigenvalue weighted by atomic mass is 79.9. The summed E-state index contributed by atoms with van der Waals surface area (Å²) in [6.07, 6.45) is 0. The highest BCUT2D eigenvalue weighted by Gasteiger charge is 2.04. The zero-order valence-electron chi connectivity index (χ0n) is 10.9. The van der Waals surface area contributed by atoms with Crippen LogP contribution in [0.4, 0.5) is 5.69 Å². The maximum atomic E-state index is 5.78. The normalized spacial score (nSPS) is 10.3. The van der Waals surface area contributed by atoms with Gasteiger partial charge >= 0.3 is 0 Å². The number of nitrogens with two attached hydrogens (primary N) is 1. The molecule has 0 amide bonds. The molecule has 0 aromatic heterocycles. The first-order chi connectivity index (χ1) is 9.10. The van der Waals surface area contributed by atoms with Gasteiger partial charge in [-0.05, 0) is 48.9 Å². The van der Waals surface area contributed by atoms with Crippen molar-refractivity contribution in [2.45, 2.75) is 13.5 Å². The van der Waals surface area contributed by atoms with Gasteiger partial charge < -0.3 is 15.2 Å². The molecule has 0 saturated heterocycles. The molecular formula is C15H16BrNO2. The molecular weight excluding hydrogens is 306 g/mol. The molecule has 0 atom stereocenters. The number of aryl methyl sites for hydroxylation is 1. The van der Waals surface area contributed by atoms with E-state index in [1.807, 2.05) is 43.3 Å². The second kappa shape index (κ2) is 5.97. The van der Waals surface area contributed by atoms with Crippen LogP contribution in [0.2, 0.25) is 0 Å². The fraction of sp³-hybridized carbons (Fsp3) is 0.200. The van der Waals surface area contributed by atoms with Crippen LogP contribution in [0.3, 0.4) is 0 Å². The zero-order chi connectivity index (χ0) is 13.8. The number of halogens is 1. The lowest BCUT2D eigenvalue weighted by Crippen LogP contribution is -1.98. The van der Waals surface area contributed by atoms with Gasteiger partial charge in [0.15, 0.2) is 0 Å². The average Bonchev–Trinajstić information content (AvgIpc) is 2.41. The standard InChI is InChI=1S/C15H16BrNO2/c1-10-7-13(4-6-15(10)17)19-9-11-8-12(18-2)3-5-14(11)16/h3-8H,9,17H2,1-2H3. The number of anilines is 1. The minimum absolute atomic E-state index is 0.473. The molecule has 2 aromatic rings. The van der Waals surface area contributed by atoms with E-state index in [0.717, 1.165) is 32.8 Å². The van der Waals surface area contributed by atoms with Crippen molar-refractivity contribution in [3.05, 3.63) is 52.0 Å². The quantitative estimate of drug-likeness (QED) is 0.868. The third kappa shape index (κ3) is 3.41. The average molecular weight is 322 g/mol. The van der Waals surface area contributed by atoms with Crippen molar-refractivity contribution in [2.24, 2.45) is 0 Å². The molecule has 3 nitrogen and oxygen atoms in total. The highest BCUT2D eigenvalue weighted by Crippen LogP contribution is 2.25. The summed E-state index contributed by atoms with van der Waals surface area (Å²) in [6.45, 7) is 2.44. The number of hydrogen-bond donors (Lipinski definition) is 1. The minimum atomic E-state index is 0.473. The van der Waals surface area contributed by atoms with E-state index in [1.165, 1.54) is 0 Å². The maximum absolute atomic E-state index is 5.78. The largest absolute Gasteiger partial charge is 0.497 e. The molecule has 100 valence electrons. The van der Waals surface area contributed by atoms with E-state index in [9.17, 15) is 0 Å². The molecule has 0 aliphatic heterocycles. The lowest BCUT2D eigenvalue weighted by atomic mass is 10.2. The first-order valence-electron chi connectivity index (χ1n) is 5.91. The Bertz CT molecular complexity index is 584. The van der Waals surface area contributed by atoms with Crippen molar-refractivity contribution in [3.63, 3.8) is 0 Å². The monoisotopic (exact) mass is 321 g/mol. The highest BCUT2D eigenvalue weighted by molar-refractivity contribution is 9.10. The van der Waals surface area contributed by atoms with Crippen LogP contribution in [0, 0.1) is 6.92 Å². The van der Waals surface area contributed by atoms with Crippen molar-refractivity contribution < 1.29 is 9.47 Å². The summed E-state index contributed by atoms with van der Waals surface area (Å²) in [5.41, 5.74) is 8.60. The molecule has 0 bridgehead atoms. The Kier molecular flexibility index (Phi) is 4.32. The van der Waals surface area contributed by atoms with Gasteiger partial charge in [0.1, 0.15) is 18.1 Å². The Morgan fingerprint density at radius 2 is 1.84 bits per heavy atom. The fourth-order valence-corrected chi connectivity index (χ4v) is 2.05. The molecule has 4 heteroatoms. The third-order valence-corrected chi connectivity index (χ3v) is 3.66. The van der Waals surface area contributed by atoms with Gasteiger partial charge in [0.2, 0.25) is 0 Å². The first kappa shape index (κ1) is 13.7. The van der Waals surface area contributed by atoms with Gasteiger partial charge in [0.05, 0.1) is 7.11 Å². The summed E-state index contributed by atoms with van der Waals surface area (Å²) in [4.78, 5) is 0. The van der Waals surface area contributed by atoms with Gasteiger partial charge in [-0.1, -0.05) is 15.9 Å². The van der Waals surface area contributed by atoms with E-state index in [4.69, 9.17) is 15.2 Å². The molecule has 2 aromatic carbocycles. The van der Waals surface area contributed by atoms with E-state index in [-0.39, 0.29) is 0 Å². The van der Waals surface area contributed by atoms with Crippen molar-refractivity contribution in [1.82, 2.24) is 0 Å². The van der Waals surface area contributed by atoms with Crippen molar-refractivity contribution >= 4 is 21.6 Å². The Morgan fingerprint density at radius 1 is 1.11 bits per heavy atom. The number of benzene rings is 2. The Labute approximate surface area is 121 Å². The molecule has 0 fully saturated rings. The third-order valence-electron chi connectivity index (χ3n) is 2.89. The van der Waals surface area contributed by atoms with Gasteiger partial charge in [0.25, 0.3) is 0 Å². The molecule has 2 rings (SSSR count). The van der Waals surface area contributed by atoms with Crippen LogP contribution >= 0.6 is 15.9 Å². The first-order valence-corrected chi connectivity index (χ1v) is 6.71. The van der Waals surface area contributed by atoms with E-state index in [0.29, 0.717) is 6.61 Å². The summed E-state index contributed by atoms with van der Waals surface area (Å²) in [7, 11) is 1.65. The number of rotatable bonds is 4. The SMILES string of the molecule is COc1ccc(Br)c(COc2ccc(N)c(C)c2)c1. The lowest BCUT2D eigenvalue weighted by molar-refractivity contribution is 0.304. The molecule has 0 heterocycles. The Hall–Kier alpha value is -1.68. The summed E-state index contributed by atoms with van der Waals surface area (Å²) in [5.74, 6) is 1.62. The van der Waals surface area contributed by atoms with Crippen LogP contribution in [-0.4, -0.2) is 7.11 Å². The van der Waals surface area contributed by atoms with Gasteiger partial charge in [-0.25, -0.2) is 0 Å². The van der Waals surface area contributed by atoms with Crippen LogP contribution in [-0.2, 0) is 6.61 Å². The van der Waals surface area contributed by atoms with E-state index >= 15 is 0 Å². The van der Waals surface area contributed by atoms with Gasteiger partial charge in [-0.2, -0.15) is 0 Å². The zero-order valence-corrected chi connectivity index (χ0v) is 12.5. The smallest absolute Gasteiger partial charge is 0.120 e. The summed E-state index contributed by atoms with van der Waals surface area (Å²) >= 11 is 3.50. The predicted molar refractivity (Wildman–Crippen MR) is 80.6 cm³/mol. The van der Waals surface area contributed by atoms with Crippen molar-refractivity contribution in [3.8, 4) is 11.5 Å². The van der Waals surface area contributed by atoms with Crippen molar-refractivity contribution in [1.29, 1.82) is 0 Å². The molecule has 0 spiro atoms. The van der Waals surface area contributed by atoms with Gasteiger partial charge in [0, 0.05) is 15.7 Å². The van der Waals surface area contributed by atoms with E-state index in [2.05, 4.69) is 15.9 Å². The molecule has 0 unspecified atom stereocenters. The van der Waals surface area contributed by atoms with E-state index in [1.54, 1.807) is 7.11 Å². The maximum Gasteiger partial charge on any atom is 0.120 e. The van der Waals surface area contributed by atoms with Crippen LogP contribution in [0.1, 0.15) is 11.1 Å². The summed E-state index contributed by atoms with van der Waals surface area (Å²) in [5, 5.41) is 0. The second-order valence-electron chi connectivity index (χ2n) is 4.26. The second-order valence-corrected chi connectivity index (χ2v) is 5.12. The molecule has 0 aliphatic rings. The number of ether oxygens (including phenoxy) is 2. The van der Waals surface area contributed by atoms with Crippen LogP contribution in [0.5, 0.6) is 11.5 Å². The minimum Gasteiger partial charge on any atom is -0.497 e. The Morgan fingerprint density at radius 3 is 2.53 bits per heavy atom. The lowest BCUT2D eigenvalue weighted by Gasteiger charge is -2.10. The number of methoxy groups -OCH3 is 1. The summed E-state index contributed by atoms with van der Waals surface area (Å²) in [6, 6.07) is 11.5. The van der Waals surface area contributed by atoms with Crippen LogP contribution < -0.4 is 15.2 Å². The summed E-state index contributed by atoms with van der Waals surface area (Å²) < 4.78 is 12.0. The van der Waals surface area contributed by atoms with E-state index < -0.39 is 0 Å². The molecule has 2 N–H and O–H groups in total. The van der Waals surface area contributed by atoms with Crippen LogP contribution in [0.25, 0.3) is 0 Å². The van der Waals surface area contributed by atoms with Gasteiger partial charge in [-0.15, -0.1) is 0 Å². The molecule has 0 aliphatic carbocycles. The molecule has 0 saturated carbocycles. The van der Waals surface area contributed by atoms with Crippen LogP contribution in [0.15, 0.2) is 40.9 Å². The molecule has 19 heavy (non-hydrogen) atoms. The fourth-order valence-electron chi connectivity index (χ4n) is 1.69. The number of hydrogen-bond acceptors (Lipinski definition) is 3. The topological polar surface area (TPSA) is 44.5 Å². The number of nitrogen functional groups attached to an aromatic ring is 1. The van der Waals surface area contributed by atoms with Gasteiger partial charge in [-0.3, -0.25) is 0 Å².